The van der Waals surface area contributed by atoms with Crippen LogP contribution in [0.1, 0.15) is 43.1 Å². The van der Waals surface area contributed by atoms with E-state index in [9.17, 15) is 9.59 Å². The lowest BCUT2D eigenvalue weighted by atomic mass is 10.3. The molecule has 2 aromatic heterocycles. The van der Waals surface area contributed by atoms with Crippen LogP contribution < -0.4 is 10.2 Å². The average Bonchev–Trinajstić information content (AvgIpc) is 3.13. The highest BCUT2D eigenvalue weighted by Gasteiger charge is 2.22. The molecule has 7 nitrogen and oxygen atoms in total. The first kappa shape index (κ1) is 15.0. The number of hydrogen-bond acceptors (Lipinski definition) is 5. The first-order chi connectivity index (χ1) is 10.6. The number of carbonyl (C=O) groups is 1. The van der Waals surface area contributed by atoms with Crippen molar-refractivity contribution in [1.82, 2.24) is 24.6 Å². The van der Waals surface area contributed by atoms with Crippen molar-refractivity contribution in [2.24, 2.45) is 0 Å². The van der Waals surface area contributed by atoms with E-state index in [1.165, 1.54) is 0 Å². The summed E-state index contributed by atoms with van der Waals surface area (Å²) in [4.78, 5) is 23.7. The monoisotopic (exact) mass is 321 g/mol. The Morgan fingerprint density at radius 2 is 2.32 bits per heavy atom. The number of amides is 1. The number of rotatable bonds is 5. The van der Waals surface area contributed by atoms with Crippen molar-refractivity contribution in [3.8, 4) is 0 Å². The fourth-order valence-electron chi connectivity index (χ4n) is 2.76. The summed E-state index contributed by atoms with van der Waals surface area (Å²) in [6.45, 7) is 5.11. The summed E-state index contributed by atoms with van der Waals surface area (Å²) in [5.74, 6) is 1.72. The van der Waals surface area contributed by atoms with Crippen molar-refractivity contribution in [3.05, 3.63) is 32.4 Å². The molecule has 1 amide bonds. The minimum atomic E-state index is -0.174. The molecule has 22 heavy (non-hydrogen) atoms. The summed E-state index contributed by atoms with van der Waals surface area (Å²) < 4.78 is 3.71. The van der Waals surface area contributed by atoms with Crippen LogP contribution in [-0.4, -0.2) is 25.2 Å². The highest BCUT2D eigenvalue weighted by Crippen LogP contribution is 2.18. The molecular weight excluding hydrogens is 302 g/mol. The fourth-order valence-corrected chi connectivity index (χ4v) is 3.52. The number of aromatic nitrogens is 4. The molecule has 0 saturated heterocycles. The van der Waals surface area contributed by atoms with Crippen LogP contribution in [0.2, 0.25) is 0 Å². The van der Waals surface area contributed by atoms with E-state index in [2.05, 4.69) is 20.1 Å². The molecule has 0 saturated carbocycles. The Morgan fingerprint density at radius 1 is 1.50 bits per heavy atom. The molecule has 1 atom stereocenters. The Bertz CT molecular complexity index is 745. The number of fused-ring (bicyclic) bond motifs is 1. The highest BCUT2D eigenvalue weighted by atomic mass is 32.1. The maximum Gasteiger partial charge on any atom is 0.307 e. The van der Waals surface area contributed by atoms with E-state index in [4.69, 9.17) is 0 Å². The molecule has 3 heterocycles. The van der Waals surface area contributed by atoms with E-state index in [0.29, 0.717) is 6.54 Å². The third kappa shape index (κ3) is 2.83. The first-order valence-electron chi connectivity index (χ1n) is 7.42. The molecule has 0 unspecified atom stereocenters. The second kappa shape index (κ2) is 6.04. The predicted molar refractivity (Wildman–Crippen MR) is 82.8 cm³/mol. The SMILES string of the molecule is Cc1csc(=O)n1CCC(=O)N[C@H](C)c1nnc2n1CCC2. The molecule has 3 rings (SSSR count). The third-order valence-electron chi connectivity index (χ3n) is 3.94. The standard InChI is InChI=1S/C14H19N5O2S/c1-9-8-22-14(21)18(9)7-5-12(20)15-10(2)13-17-16-11-4-3-6-19(11)13/h8,10H,3-7H2,1-2H3,(H,15,20)/t10-/m1/s1. The van der Waals surface area contributed by atoms with Crippen LogP contribution >= 0.6 is 11.3 Å². The Balaban J connectivity index is 1.58. The van der Waals surface area contributed by atoms with Crippen molar-refractivity contribution in [2.75, 3.05) is 0 Å². The zero-order valence-corrected chi connectivity index (χ0v) is 13.5. The molecule has 0 bridgehead atoms. The van der Waals surface area contributed by atoms with Crippen LogP contribution in [0.5, 0.6) is 0 Å². The molecule has 1 aliphatic rings. The maximum absolute atomic E-state index is 12.1. The van der Waals surface area contributed by atoms with Gasteiger partial charge in [-0.2, -0.15) is 0 Å². The van der Waals surface area contributed by atoms with Gasteiger partial charge in [-0.1, -0.05) is 11.3 Å². The second-order valence-electron chi connectivity index (χ2n) is 5.56. The summed E-state index contributed by atoms with van der Waals surface area (Å²) in [7, 11) is 0. The van der Waals surface area contributed by atoms with Gasteiger partial charge in [-0.15, -0.1) is 10.2 Å². The molecule has 0 spiro atoms. The van der Waals surface area contributed by atoms with Gasteiger partial charge in [0.1, 0.15) is 5.82 Å². The van der Waals surface area contributed by atoms with Crippen LogP contribution in [-0.2, 0) is 24.3 Å². The van der Waals surface area contributed by atoms with Gasteiger partial charge in [0.2, 0.25) is 5.91 Å². The normalized spacial score (nSPS) is 14.8. The lowest BCUT2D eigenvalue weighted by Gasteiger charge is -2.14. The molecule has 8 heteroatoms. The first-order valence-corrected chi connectivity index (χ1v) is 8.30. The lowest BCUT2D eigenvalue weighted by Crippen LogP contribution is -2.30. The van der Waals surface area contributed by atoms with Crippen molar-refractivity contribution in [2.45, 2.75) is 52.2 Å². The van der Waals surface area contributed by atoms with Crippen LogP contribution in [0.15, 0.2) is 10.2 Å². The van der Waals surface area contributed by atoms with Gasteiger partial charge in [-0.3, -0.25) is 9.59 Å². The number of carbonyl (C=O) groups excluding carboxylic acids is 1. The number of nitrogens with one attached hydrogen (secondary N) is 1. The zero-order chi connectivity index (χ0) is 15.7. The van der Waals surface area contributed by atoms with E-state index in [1.54, 1.807) is 4.57 Å². The van der Waals surface area contributed by atoms with Gasteiger partial charge in [-0.25, -0.2) is 0 Å². The van der Waals surface area contributed by atoms with Gasteiger partial charge in [0.15, 0.2) is 5.82 Å². The van der Waals surface area contributed by atoms with Gasteiger partial charge >= 0.3 is 4.87 Å². The van der Waals surface area contributed by atoms with E-state index in [-0.39, 0.29) is 23.2 Å². The van der Waals surface area contributed by atoms with Crippen LogP contribution in [0.25, 0.3) is 0 Å². The fraction of sp³-hybridized carbons (Fsp3) is 0.571. The summed E-state index contributed by atoms with van der Waals surface area (Å²) in [6, 6.07) is -0.174. The van der Waals surface area contributed by atoms with E-state index in [0.717, 1.165) is 48.1 Å². The second-order valence-corrected chi connectivity index (χ2v) is 6.38. The number of aryl methyl sites for hydroxylation is 2. The Labute approximate surface area is 132 Å². The predicted octanol–water partition coefficient (Wildman–Crippen LogP) is 1.02. The summed E-state index contributed by atoms with van der Waals surface area (Å²) in [5, 5.41) is 13.1. The molecule has 1 N–H and O–H groups in total. The minimum absolute atomic E-state index is 0.0198. The van der Waals surface area contributed by atoms with Crippen LogP contribution in [0.4, 0.5) is 0 Å². The Hall–Kier alpha value is -1.96. The van der Waals surface area contributed by atoms with Gasteiger partial charge in [0.05, 0.1) is 6.04 Å². The molecule has 118 valence electrons. The quantitative estimate of drug-likeness (QED) is 0.891. The summed E-state index contributed by atoms with van der Waals surface area (Å²) in [6.07, 6.45) is 2.32. The molecule has 2 aromatic rings. The molecule has 0 radical (unpaired) electrons. The van der Waals surface area contributed by atoms with Gasteiger partial charge in [0, 0.05) is 37.0 Å². The topological polar surface area (TPSA) is 81.8 Å². The molecule has 0 aromatic carbocycles. The Morgan fingerprint density at radius 3 is 3.05 bits per heavy atom. The molecule has 0 fully saturated rings. The van der Waals surface area contributed by atoms with Crippen molar-refractivity contribution < 1.29 is 4.79 Å². The van der Waals surface area contributed by atoms with Crippen molar-refractivity contribution in [1.29, 1.82) is 0 Å². The van der Waals surface area contributed by atoms with E-state index >= 15 is 0 Å². The largest absolute Gasteiger partial charge is 0.346 e. The smallest absolute Gasteiger partial charge is 0.307 e. The minimum Gasteiger partial charge on any atom is -0.346 e. The van der Waals surface area contributed by atoms with Gasteiger partial charge < -0.3 is 14.5 Å². The molecule has 0 aliphatic carbocycles. The average molecular weight is 321 g/mol. The maximum atomic E-state index is 12.1. The van der Waals surface area contributed by atoms with Gasteiger partial charge in [0.25, 0.3) is 0 Å². The molecular formula is C14H19N5O2S. The number of thiazole rings is 1. The Kier molecular flexibility index (Phi) is 4.10. The number of nitrogens with zero attached hydrogens (tertiary/aromatic N) is 4. The summed E-state index contributed by atoms with van der Waals surface area (Å²) >= 11 is 1.16. The van der Waals surface area contributed by atoms with Crippen molar-refractivity contribution in [3.63, 3.8) is 0 Å². The third-order valence-corrected chi connectivity index (χ3v) is 4.82. The zero-order valence-electron chi connectivity index (χ0n) is 12.7. The number of hydrogen-bond donors (Lipinski definition) is 1. The van der Waals surface area contributed by atoms with E-state index < -0.39 is 0 Å². The van der Waals surface area contributed by atoms with Gasteiger partial charge in [-0.05, 0) is 20.3 Å². The molecule has 1 aliphatic heterocycles. The highest BCUT2D eigenvalue weighted by molar-refractivity contribution is 7.07. The lowest BCUT2D eigenvalue weighted by molar-refractivity contribution is -0.122. The summed E-state index contributed by atoms with van der Waals surface area (Å²) in [5.41, 5.74) is 0.895. The van der Waals surface area contributed by atoms with E-state index in [1.807, 2.05) is 19.2 Å². The van der Waals surface area contributed by atoms with Crippen LogP contribution in [0.3, 0.4) is 0 Å². The van der Waals surface area contributed by atoms with Crippen LogP contribution in [0, 0.1) is 6.92 Å². The van der Waals surface area contributed by atoms with Crippen molar-refractivity contribution >= 4 is 17.2 Å².